The smallest absolute Gasteiger partial charge is 0.246 e. The molecule has 0 radical (unpaired) electrons. The van der Waals surface area contributed by atoms with Gasteiger partial charge in [-0.15, -0.1) is 0 Å². The van der Waals surface area contributed by atoms with Gasteiger partial charge >= 0.3 is 0 Å². The quantitative estimate of drug-likeness (QED) is 0.243. The van der Waals surface area contributed by atoms with Crippen molar-refractivity contribution in [3.8, 4) is 5.75 Å². The molecule has 274 valence electrons. The normalized spacial score (nSPS) is 27.1. The zero-order chi connectivity index (χ0) is 36.7. The van der Waals surface area contributed by atoms with Crippen LogP contribution < -0.4 is 26.6 Å². The van der Waals surface area contributed by atoms with Crippen LogP contribution in [0.5, 0.6) is 5.75 Å². The number of phenolic OH excluding ortho intramolecular Hbond substituents is 1. The number of aromatic hydroxyl groups is 1. The number of benzene rings is 1. The van der Waals surface area contributed by atoms with Gasteiger partial charge in [0.25, 0.3) is 0 Å². The second kappa shape index (κ2) is 16.9. The number of ketones is 1. The van der Waals surface area contributed by atoms with Crippen LogP contribution in [0.3, 0.4) is 0 Å². The first-order chi connectivity index (χ1) is 23.7. The molecule has 0 aromatic heterocycles. The fourth-order valence-corrected chi connectivity index (χ4v) is 6.97. The first-order valence-corrected chi connectivity index (χ1v) is 17.8. The zero-order valence-corrected chi connectivity index (χ0v) is 29.7. The number of nitrogens with one attached hydrogen (secondary N) is 5. The number of carbonyl (C=O) groups excluding carboxylic acids is 7. The average Bonchev–Trinajstić information content (AvgIpc) is 3.73. The van der Waals surface area contributed by atoms with Crippen LogP contribution in [0.4, 0.5) is 0 Å². The molecule has 0 aliphatic carbocycles. The zero-order valence-electron chi connectivity index (χ0n) is 29.7. The van der Waals surface area contributed by atoms with Crippen LogP contribution >= 0.6 is 0 Å². The Kier molecular flexibility index (Phi) is 13.0. The Bertz CT molecular complexity index is 1480. The number of nitrogens with zero attached hydrogens (tertiary/aromatic N) is 1. The van der Waals surface area contributed by atoms with Crippen LogP contribution in [-0.4, -0.2) is 94.5 Å². The van der Waals surface area contributed by atoms with Crippen LogP contribution in [0.15, 0.2) is 18.2 Å². The van der Waals surface area contributed by atoms with Crippen LogP contribution in [-0.2, 0) is 35.2 Å². The molecule has 50 heavy (non-hydrogen) atoms. The van der Waals surface area contributed by atoms with Crippen molar-refractivity contribution < 1.29 is 38.7 Å². The summed E-state index contributed by atoms with van der Waals surface area (Å²) in [6.45, 7) is 9.33. The van der Waals surface area contributed by atoms with Crippen molar-refractivity contribution in [1.82, 2.24) is 31.5 Å². The number of Topliss-reactive ketones (excluding diaryl/α,β-unsaturated/α-hetero) is 1. The lowest BCUT2D eigenvalue weighted by molar-refractivity contribution is -0.143. The first-order valence-electron chi connectivity index (χ1n) is 17.8. The highest BCUT2D eigenvalue weighted by Gasteiger charge is 2.42. The summed E-state index contributed by atoms with van der Waals surface area (Å²) in [6, 6.07) is -0.507. The molecule has 0 saturated carbocycles. The summed E-state index contributed by atoms with van der Waals surface area (Å²) >= 11 is 0. The molecule has 0 spiro atoms. The molecule has 6 atom stereocenters. The van der Waals surface area contributed by atoms with Crippen LogP contribution in [0, 0.1) is 17.8 Å². The monoisotopic (exact) mass is 696 g/mol. The van der Waals surface area contributed by atoms with E-state index in [1.807, 2.05) is 34.6 Å². The Hall–Kier alpha value is -4.49. The second-order valence-corrected chi connectivity index (χ2v) is 14.6. The molecule has 6 unspecified atom stereocenters. The Morgan fingerprint density at radius 3 is 2.20 bits per heavy atom. The van der Waals surface area contributed by atoms with E-state index in [4.69, 9.17) is 0 Å². The summed E-state index contributed by atoms with van der Waals surface area (Å²) in [5.74, 6) is -3.99. The fourth-order valence-electron chi connectivity index (χ4n) is 6.97. The minimum Gasteiger partial charge on any atom is -0.508 e. The summed E-state index contributed by atoms with van der Waals surface area (Å²) in [7, 11) is 0. The molecule has 2 fully saturated rings. The van der Waals surface area contributed by atoms with E-state index in [-0.39, 0.29) is 67.8 Å². The predicted octanol–water partition coefficient (Wildman–Crippen LogP) is 1.09. The van der Waals surface area contributed by atoms with Gasteiger partial charge in [-0.25, -0.2) is 0 Å². The molecule has 14 nitrogen and oxygen atoms in total. The predicted molar refractivity (Wildman–Crippen MR) is 184 cm³/mol. The van der Waals surface area contributed by atoms with Gasteiger partial charge in [-0.05, 0) is 80.0 Å². The van der Waals surface area contributed by atoms with Crippen molar-refractivity contribution in [3.63, 3.8) is 0 Å². The molecule has 14 heteroatoms. The van der Waals surface area contributed by atoms with Crippen LogP contribution in [0.2, 0.25) is 0 Å². The molecule has 6 amide bonds. The standard InChI is InChI=1S/C36H52N6O8/c1-6-21-16-23-17-22(9-11-28(23)43)29(44)18-37-32(46)25(14-19(2)3)39-34(48)26(15-20(4)5)40-35(49)27-8-7-13-42(27)36(50)31(21)41-33(47)24-10-12-30(45)38-24/h9,11,17,19-21,24-27,31,43H,6-8,10,12-16,18H2,1-5H3,(H,37,46)(H,38,45)(H,39,48)(H,40,49)(H,41,47). The molecule has 3 aliphatic heterocycles. The van der Waals surface area contributed by atoms with E-state index in [1.165, 1.54) is 23.1 Å². The van der Waals surface area contributed by atoms with Crippen molar-refractivity contribution in [2.45, 2.75) is 116 Å². The molecular weight excluding hydrogens is 644 g/mol. The third-order valence-corrected chi connectivity index (χ3v) is 9.70. The van der Waals surface area contributed by atoms with Crippen LogP contribution in [0.1, 0.15) is 95.5 Å². The minimum absolute atomic E-state index is 0.00337. The lowest BCUT2D eigenvalue weighted by atomic mass is 9.87. The Morgan fingerprint density at radius 2 is 1.58 bits per heavy atom. The molecular formula is C36H52N6O8. The van der Waals surface area contributed by atoms with Gasteiger partial charge < -0.3 is 36.6 Å². The van der Waals surface area contributed by atoms with Gasteiger partial charge in [0, 0.05) is 18.5 Å². The van der Waals surface area contributed by atoms with Gasteiger partial charge in [-0.3, -0.25) is 33.6 Å². The maximum Gasteiger partial charge on any atom is 0.246 e. The minimum atomic E-state index is -1.13. The van der Waals surface area contributed by atoms with Crippen molar-refractivity contribution in [3.05, 3.63) is 29.3 Å². The summed E-state index contributed by atoms with van der Waals surface area (Å²) in [5, 5.41) is 24.6. The summed E-state index contributed by atoms with van der Waals surface area (Å²) in [4.78, 5) is 95.5. The largest absolute Gasteiger partial charge is 0.508 e. The van der Waals surface area contributed by atoms with Gasteiger partial charge in [0.05, 0.1) is 6.54 Å². The Labute approximate surface area is 293 Å². The summed E-state index contributed by atoms with van der Waals surface area (Å²) < 4.78 is 0. The average molecular weight is 697 g/mol. The van der Waals surface area contributed by atoms with Gasteiger partial charge in [-0.1, -0.05) is 41.0 Å². The molecule has 2 bridgehead atoms. The fraction of sp³-hybridized carbons (Fsp3) is 0.639. The van der Waals surface area contributed by atoms with E-state index in [0.717, 1.165) is 0 Å². The van der Waals surface area contributed by atoms with E-state index in [1.54, 1.807) is 0 Å². The molecule has 3 heterocycles. The number of fused-ring (bicyclic) bond motifs is 3. The highest BCUT2D eigenvalue weighted by Crippen LogP contribution is 2.28. The van der Waals surface area contributed by atoms with Gasteiger partial charge in [0.2, 0.25) is 35.4 Å². The van der Waals surface area contributed by atoms with E-state index < -0.39 is 71.4 Å². The lowest BCUT2D eigenvalue weighted by Gasteiger charge is -2.34. The third-order valence-electron chi connectivity index (χ3n) is 9.70. The highest BCUT2D eigenvalue weighted by molar-refractivity contribution is 6.01. The topological polar surface area (TPSA) is 203 Å². The van der Waals surface area contributed by atoms with E-state index in [0.29, 0.717) is 31.2 Å². The Morgan fingerprint density at radius 1 is 0.920 bits per heavy atom. The number of carbonyl (C=O) groups is 7. The molecule has 1 aromatic rings. The second-order valence-electron chi connectivity index (χ2n) is 14.6. The van der Waals surface area contributed by atoms with Crippen LogP contribution in [0.25, 0.3) is 0 Å². The van der Waals surface area contributed by atoms with E-state index in [2.05, 4.69) is 26.6 Å². The molecule has 1 aromatic carbocycles. The lowest BCUT2D eigenvalue weighted by Crippen LogP contribution is -2.60. The molecule has 2 saturated heterocycles. The Balaban J connectivity index is 1.75. The maximum absolute atomic E-state index is 14.5. The molecule has 6 N–H and O–H groups in total. The SMILES string of the molecule is CCC1Cc2cc(ccc2O)C(=O)CNC(=O)C(CC(C)C)NC(=O)C(CC(C)C)NC(=O)C2CCCN2C(=O)C1NC(=O)C1CCC(=O)N1. The molecule has 3 aliphatic rings. The van der Waals surface area contributed by atoms with Gasteiger partial charge in [0.1, 0.15) is 36.0 Å². The van der Waals surface area contributed by atoms with Crippen molar-refractivity contribution >= 4 is 41.2 Å². The number of amides is 6. The molecule has 4 rings (SSSR count). The van der Waals surface area contributed by atoms with E-state index in [9.17, 15) is 38.7 Å². The number of rotatable bonds is 7. The summed E-state index contributed by atoms with van der Waals surface area (Å²) in [5.41, 5.74) is 0.590. The third kappa shape index (κ3) is 9.60. The first kappa shape index (κ1) is 38.3. The van der Waals surface area contributed by atoms with Crippen molar-refractivity contribution in [1.29, 1.82) is 0 Å². The van der Waals surface area contributed by atoms with Crippen molar-refractivity contribution in [2.24, 2.45) is 17.8 Å². The highest BCUT2D eigenvalue weighted by atomic mass is 16.3. The maximum atomic E-state index is 14.5. The number of hydrogen-bond acceptors (Lipinski definition) is 8. The number of hydrogen-bond donors (Lipinski definition) is 6. The van der Waals surface area contributed by atoms with Gasteiger partial charge in [0.15, 0.2) is 5.78 Å². The number of phenols is 1. The van der Waals surface area contributed by atoms with Gasteiger partial charge in [-0.2, -0.15) is 0 Å². The summed E-state index contributed by atoms with van der Waals surface area (Å²) in [6.07, 6.45) is 2.35. The van der Waals surface area contributed by atoms with E-state index >= 15 is 0 Å². The van der Waals surface area contributed by atoms with Crippen molar-refractivity contribution in [2.75, 3.05) is 13.1 Å².